The van der Waals surface area contributed by atoms with E-state index in [0.717, 1.165) is 11.3 Å². The van der Waals surface area contributed by atoms with E-state index >= 15 is 0 Å². The van der Waals surface area contributed by atoms with Crippen molar-refractivity contribution in [3.63, 3.8) is 0 Å². The molecule has 0 spiro atoms. The number of methoxy groups -OCH3 is 1. The number of hydrogen-bond donors (Lipinski definition) is 1. The van der Waals surface area contributed by atoms with E-state index in [1.165, 1.54) is 25.3 Å². The van der Waals surface area contributed by atoms with Crippen molar-refractivity contribution >= 4 is 17.3 Å². The van der Waals surface area contributed by atoms with E-state index in [1.807, 2.05) is 38.1 Å². The summed E-state index contributed by atoms with van der Waals surface area (Å²) in [5.74, 6) is 0.362. The molecule has 0 aliphatic carbocycles. The first kappa shape index (κ1) is 18.3. The second-order valence-corrected chi connectivity index (χ2v) is 5.67. The molecule has 25 heavy (non-hydrogen) atoms. The Morgan fingerprint density at radius 1 is 1.20 bits per heavy atom. The van der Waals surface area contributed by atoms with Crippen LogP contribution >= 0.6 is 0 Å². The zero-order valence-electron chi connectivity index (χ0n) is 14.3. The number of carbonyl (C=O) groups is 1. The molecule has 0 bridgehead atoms. The Morgan fingerprint density at radius 3 is 2.56 bits per heavy atom. The molecule has 0 unspecified atom stereocenters. The van der Waals surface area contributed by atoms with Gasteiger partial charge >= 0.3 is 0 Å². The number of para-hydroxylation sites is 1. The fraction of sp³-hybridized carbons (Fsp3) is 0.278. The molecule has 0 heterocycles. The molecular weight excluding hydrogens is 324 g/mol. The molecule has 2 aromatic carbocycles. The van der Waals surface area contributed by atoms with Crippen LogP contribution in [-0.4, -0.2) is 24.5 Å². The van der Waals surface area contributed by atoms with Gasteiger partial charge in [-0.25, -0.2) is 0 Å². The monoisotopic (exact) mass is 344 g/mol. The lowest BCUT2D eigenvalue weighted by Gasteiger charge is -2.14. The quantitative estimate of drug-likeness (QED) is 0.610. The molecule has 0 aromatic heterocycles. The van der Waals surface area contributed by atoms with Gasteiger partial charge in [0.05, 0.1) is 18.1 Å². The maximum Gasteiger partial charge on any atom is 0.273 e. The van der Waals surface area contributed by atoms with Crippen LogP contribution < -0.4 is 14.8 Å². The van der Waals surface area contributed by atoms with Gasteiger partial charge in [0.25, 0.3) is 11.6 Å². The van der Waals surface area contributed by atoms with Crippen molar-refractivity contribution in [1.82, 2.24) is 0 Å². The molecule has 132 valence electrons. The molecule has 7 nitrogen and oxygen atoms in total. The predicted molar refractivity (Wildman–Crippen MR) is 94.3 cm³/mol. The Morgan fingerprint density at radius 2 is 1.92 bits per heavy atom. The number of nitrogens with one attached hydrogen (secondary N) is 1. The molecule has 0 aliphatic heterocycles. The smallest absolute Gasteiger partial charge is 0.273 e. The van der Waals surface area contributed by atoms with Crippen LogP contribution in [0.25, 0.3) is 0 Å². The molecule has 2 aromatic rings. The van der Waals surface area contributed by atoms with E-state index in [9.17, 15) is 14.9 Å². The van der Waals surface area contributed by atoms with Gasteiger partial charge in [0.2, 0.25) is 0 Å². The maximum absolute atomic E-state index is 12.2. The van der Waals surface area contributed by atoms with E-state index in [2.05, 4.69) is 5.32 Å². The van der Waals surface area contributed by atoms with Gasteiger partial charge < -0.3 is 14.8 Å². The minimum absolute atomic E-state index is 0.138. The minimum atomic E-state index is -0.536. The van der Waals surface area contributed by atoms with Crippen molar-refractivity contribution < 1.29 is 19.2 Å². The van der Waals surface area contributed by atoms with Crippen molar-refractivity contribution in [2.45, 2.75) is 19.8 Å². The van der Waals surface area contributed by atoms with Crippen LogP contribution in [0.4, 0.5) is 11.4 Å². The van der Waals surface area contributed by atoms with Gasteiger partial charge in [-0.2, -0.15) is 0 Å². The number of hydrogen-bond acceptors (Lipinski definition) is 5. The third-order valence-electron chi connectivity index (χ3n) is 3.57. The Balaban J connectivity index is 2.08. The van der Waals surface area contributed by atoms with Crippen LogP contribution in [0.3, 0.4) is 0 Å². The summed E-state index contributed by atoms with van der Waals surface area (Å²) in [6, 6.07) is 11.5. The van der Waals surface area contributed by atoms with Crippen LogP contribution in [0.2, 0.25) is 0 Å². The number of non-ortho nitro benzene ring substituents is 1. The summed E-state index contributed by atoms with van der Waals surface area (Å²) in [6.45, 7) is 3.79. The highest BCUT2D eigenvalue weighted by Crippen LogP contribution is 2.31. The zero-order valence-corrected chi connectivity index (χ0v) is 14.3. The summed E-state index contributed by atoms with van der Waals surface area (Å²) in [5.41, 5.74) is 1.60. The second kappa shape index (κ2) is 8.14. The van der Waals surface area contributed by atoms with Crippen LogP contribution in [-0.2, 0) is 4.79 Å². The summed E-state index contributed by atoms with van der Waals surface area (Å²) in [7, 11) is 1.42. The summed E-state index contributed by atoms with van der Waals surface area (Å²) in [4.78, 5) is 22.5. The van der Waals surface area contributed by atoms with Gasteiger partial charge in [-0.05, 0) is 23.6 Å². The maximum atomic E-state index is 12.2. The molecule has 7 heteroatoms. The minimum Gasteiger partial charge on any atom is -0.493 e. The number of benzene rings is 2. The normalized spacial score (nSPS) is 10.4. The Kier molecular flexibility index (Phi) is 5.94. The first-order valence-electron chi connectivity index (χ1n) is 7.76. The van der Waals surface area contributed by atoms with Gasteiger partial charge in [-0.3, -0.25) is 14.9 Å². The average Bonchev–Trinajstić information content (AvgIpc) is 2.59. The second-order valence-electron chi connectivity index (χ2n) is 5.67. The molecule has 0 radical (unpaired) electrons. The first-order valence-corrected chi connectivity index (χ1v) is 7.76. The van der Waals surface area contributed by atoms with Gasteiger partial charge in [0.1, 0.15) is 0 Å². The fourth-order valence-electron chi connectivity index (χ4n) is 2.34. The average molecular weight is 344 g/mol. The van der Waals surface area contributed by atoms with Crippen molar-refractivity contribution in [1.29, 1.82) is 0 Å². The number of nitrogens with zero attached hydrogens (tertiary/aromatic N) is 1. The lowest BCUT2D eigenvalue weighted by molar-refractivity contribution is -0.385. The molecule has 0 saturated carbocycles. The number of rotatable bonds is 7. The fourth-order valence-corrected chi connectivity index (χ4v) is 2.34. The number of nitro groups is 1. The van der Waals surface area contributed by atoms with Gasteiger partial charge in [-0.1, -0.05) is 32.0 Å². The van der Waals surface area contributed by atoms with Crippen LogP contribution in [0.5, 0.6) is 11.5 Å². The third kappa shape index (κ3) is 4.69. The highest BCUT2D eigenvalue weighted by molar-refractivity contribution is 5.92. The molecule has 0 saturated heterocycles. The first-order chi connectivity index (χ1) is 11.9. The van der Waals surface area contributed by atoms with Crippen molar-refractivity contribution in [3.8, 4) is 11.5 Å². The number of carbonyl (C=O) groups excluding carboxylic acids is 1. The van der Waals surface area contributed by atoms with Crippen molar-refractivity contribution in [2.24, 2.45) is 0 Å². The topological polar surface area (TPSA) is 90.7 Å². The third-order valence-corrected chi connectivity index (χ3v) is 3.57. The largest absolute Gasteiger partial charge is 0.493 e. The molecule has 0 aliphatic rings. The number of nitro benzene ring substituents is 1. The van der Waals surface area contributed by atoms with Crippen LogP contribution in [0, 0.1) is 10.1 Å². The Hall–Kier alpha value is -3.09. The molecular formula is C18H20N2O5. The Labute approximate surface area is 145 Å². The molecule has 0 fully saturated rings. The van der Waals surface area contributed by atoms with Gasteiger partial charge in [0, 0.05) is 11.8 Å². The molecule has 0 atom stereocenters. The van der Waals surface area contributed by atoms with E-state index in [1.54, 1.807) is 0 Å². The predicted octanol–water partition coefficient (Wildman–Crippen LogP) is 3.74. The SMILES string of the molecule is COc1ccc([N+](=O)[O-])cc1OCC(=O)Nc1ccccc1C(C)C. The Bertz CT molecular complexity index is 774. The zero-order chi connectivity index (χ0) is 18.4. The summed E-state index contributed by atoms with van der Waals surface area (Å²) >= 11 is 0. The van der Waals surface area contributed by atoms with E-state index < -0.39 is 4.92 Å². The van der Waals surface area contributed by atoms with E-state index in [4.69, 9.17) is 9.47 Å². The summed E-state index contributed by atoms with van der Waals surface area (Å²) in [5, 5.41) is 13.7. The lowest BCUT2D eigenvalue weighted by atomic mass is 10.0. The van der Waals surface area contributed by atoms with Gasteiger partial charge in [-0.15, -0.1) is 0 Å². The summed E-state index contributed by atoms with van der Waals surface area (Å²) < 4.78 is 10.5. The molecule has 1 amide bonds. The van der Waals surface area contributed by atoms with E-state index in [0.29, 0.717) is 5.75 Å². The highest BCUT2D eigenvalue weighted by atomic mass is 16.6. The lowest BCUT2D eigenvalue weighted by Crippen LogP contribution is -2.21. The van der Waals surface area contributed by atoms with Crippen LogP contribution in [0.15, 0.2) is 42.5 Å². The van der Waals surface area contributed by atoms with Crippen molar-refractivity contribution in [3.05, 3.63) is 58.1 Å². The van der Waals surface area contributed by atoms with E-state index in [-0.39, 0.29) is 29.9 Å². The number of amides is 1. The number of ether oxygens (including phenoxy) is 2. The number of anilines is 1. The standard InChI is InChI=1S/C18H20N2O5/c1-12(2)14-6-4-5-7-15(14)19-18(21)11-25-17-10-13(20(22)23)8-9-16(17)24-3/h4-10,12H,11H2,1-3H3,(H,19,21). The van der Waals surface area contributed by atoms with Crippen molar-refractivity contribution in [2.75, 3.05) is 19.0 Å². The van der Waals surface area contributed by atoms with Crippen LogP contribution in [0.1, 0.15) is 25.3 Å². The molecule has 1 N–H and O–H groups in total. The molecule has 2 rings (SSSR count). The van der Waals surface area contributed by atoms with Gasteiger partial charge in [0.15, 0.2) is 18.1 Å². The summed E-state index contributed by atoms with van der Waals surface area (Å²) in [6.07, 6.45) is 0. The highest BCUT2D eigenvalue weighted by Gasteiger charge is 2.15.